The van der Waals surface area contributed by atoms with Crippen LogP contribution in [0.15, 0.2) is 12.1 Å². The van der Waals surface area contributed by atoms with E-state index < -0.39 is 0 Å². The lowest BCUT2D eigenvalue weighted by atomic mass is 10.2. The zero-order valence-electron chi connectivity index (χ0n) is 10.1. The van der Waals surface area contributed by atoms with Gasteiger partial charge in [-0.25, -0.2) is 0 Å². The van der Waals surface area contributed by atoms with E-state index in [0.717, 1.165) is 12.1 Å². The van der Waals surface area contributed by atoms with Gasteiger partial charge in [0.1, 0.15) is 0 Å². The first kappa shape index (κ1) is 13.2. The van der Waals surface area contributed by atoms with E-state index in [2.05, 4.69) is 11.2 Å². The van der Waals surface area contributed by atoms with Crippen LogP contribution in [-0.2, 0) is 6.54 Å². The monoisotopic (exact) mass is 235 g/mol. The minimum atomic E-state index is 0.0161. The van der Waals surface area contributed by atoms with Gasteiger partial charge in [0.15, 0.2) is 11.5 Å². The van der Waals surface area contributed by atoms with Gasteiger partial charge < -0.3 is 19.9 Å². The van der Waals surface area contributed by atoms with Crippen molar-refractivity contribution in [2.45, 2.75) is 13.0 Å². The predicted octanol–water partition coefficient (Wildman–Crippen LogP) is 1.52. The van der Waals surface area contributed by atoms with E-state index in [-0.39, 0.29) is 5.75 Å². The fourth-order valence-electron chi connectivity index (χ4n) is 1.44. The number of aromatic hydroxyl groups is 1. The third-order valence-corrected chi connectivity index (χ3v) is 2.31. The molecule has 0 atom stereocenters. The Bertz CT molecular complexity index is 385. The first-order chi connectivity index (χ1) is 8.22. The van der Waals surface area contributed by atoms with Gasteiger partial charge in [0.25, 0.3) is 0 Å². The van der Waals surface area contributed by atoms with Gasteiger partial charge in [-0.1, -0.05) is 0 Å². The largest absolute Gasteiger partial charge is 0.502 e. The fourth-order valence-corrected chi connectivity index (χ4v) is 1.44. The molecule has 1 aromatic carbocycles. The smallest absolute Gasteiger partial charge is 0.200 e. The zero-order valence-corrected chi connectivity index (χ0v) is 10.1. The van der Waals surface area contributed by atoms with Crippen molar-refractivity contribution in [2.24, 2.45) is 0 Å². The summed E-state index contributed by atoms with van der Waals surface area (Å²) in [5.41, 5.74) is 0.966. The average molecular weight is 235 g/mol. The second-order valence-electron chi connectivity index (χ2n) is 3.48. The SMILES string of the molecule is C#CCCNCc1cc(OC)c(O)c(OC)c1. The molecular formula is C13H17NO3. The number of methoxy groups -OCH3 is 2. The molecule has 0 heterocycles. The van der Waals surface area contributed by atoms with Crippen molar-refractivity contribution in [2.75, 3.05) is 20.8 Å². The molecule has 0 aliphatic rings. The highest BCUT2D eigenvalue weighted by atomic mass is 16.5. The summed E-state index contributed by atoms with van der Waals surface area (Å²) >= 11 is 0. The summed E-state index contributed by atoms with van der Waals surface area (Å²) in [7, 11) is 3.01. The van der Waals surface area contributed by atoms with Crippen LogP contribution in [0, 0.1) is 12.3 Å². The summed E-state index contributed by atoms with van der Waals surface area (Å²) in [5.74, 6) is 3.37. The van der Waals surface area contributed by atoms with Crippen molar-refractivity contribution < 1.29 is 14.6 Å². The number of hydrogen-bond donors (Lipinski definition) is 2. The number of terminal acetylenes is 1. The summed E-state index contributed by atoms with van der Waals surface area (Å²) in [6.45, 7) is 1.40. The second-order valence-corrected chi connectivity index (χ2v) is 3.48. The number of nitrogens with one attached hydrogen (secondary N) is 1. The molecule has 17 heavy (non-hydrogen) atoms. The van der Waals surface area contributed by atoms with E-state index in [0.29, 0.717) is 24.5 Å². The molecule has 1 rings (SSSR count). The van der Waals surface area contributed by atoms with Crippen LogP contribution >= 0.6 is 0 Å². The summed E-state index contributed by atoms with van der Waals surface area (Å²) < 4.78 is 10.1. The second kappa shape index (κ2) is 6.66. The van der Waals surface area contributed by atoms with Crippen molar-refractivity contribution in [1.29, 1.82) is 0 Å². The third-order valence-electron chi connectivity index (χ3n) is 2.31. The lowest BCUT2D eigenvalue weighted by Gasteiger charge is -2.11. The molecule has 0 aliphatic carbocycles. The standard InChI is InChI=1S/C13H17NO3/c1-4-5-6-14-9-10-7-11(16-2)13(15)12(8-10)17-3/h1,7-8,14-15H,5-6,9H2,2-3H3. The van der Waals surface area contributed by atoms with Gasteiger partial charge in [-0.05, 0) is 17.7 Å². The number of rotatable bonds is 6. The molecule has 0 spiro atoms. The first-order valence-electron chi connectivity index (χ1n) is 5.31. The summed E-state index contributed by atoms with van der Waals surface area (Å²) in [6, 6.07) is 3.53. The molecule has 0 saturated carbocycles. The van der Waals surface area contributed by atoms with Crippen LogP contribution in [0.2, 0.25) is 0 Å². The highest BCUT2D eigenvalue weighted by Crippen LogP contribution is 2.36. The molecule has 0 unspecified atom stereocenters. The van der Waals surface area contributed by atoms with Crippen molar-refractivity contribution in [1.82, 2.24) is 5.32 Å². The molecule has 0 radical (unpaired) electrons. The molecular weight excluding hydrogens is 218 g/mol. The average Bonchev–Trinajstić information content (AvgIpc) is 2.36. The molecule has 0 aliphatic heterocycles. The predicted molar refractivity (Wildman–Crippen MR) is 66.4 cm³/mol. The summed E-state index contributed by atoms with van der Waals surface area (Å²) in [6.07, 6.45) is 5.84. The van der Waals surface area contributed by atoms with Crippen LogP contribution in [0.5, 0.6) is 17.2 Å². The van der Waals surface area contributed by atoms with Gasteiger partial charge in [0.2, 0.25) is 5.75 Å². The number of hydrogen-bond acceptors (Lipinski definition) is 4. The molecule has 0 fully saturated rings. The van der Waals surface area contributed by atoms with Crippen LogP contribution in [0.25, 0.3) is 0 Å². The highest BCUT2D eigenvalue weighted by Gasteiger charge is 2.10. The third kappa shape index (κ3) is 3.58. The molecule has 4 heteroatoms. The Balaban J connectivity index is 2.76. The van der Waals surface area contributed by atoms with Crippen LogP contribution in [0.1, 0.15) is 12.0 Å². The van der Waals surface area contributed by atoms with Crippen molar-refractivity contribution in [3.63, 3.8) is 0 Å². The lowest BCUT2D eigenvalue weighted by Crippen LogP contribution is -2.14. The number of ether oxygens (including phenoxy) is 2. The van der Waals surface area contributed by atoms with E-state index in [9.17, 15) is 5.11 Å². The molecule has 92 valence electrons. The van der Waals surface area contributed by atoms with Crippen molar-refractivity contribution >= 4 is 0 Å². The topological polar surface area (TPSA) is 50.7 Å². The molecule has 2 N–H and O–H groups in total. The Morgan fingerprint density at radius 3 is 2.35 bits per heavy atom. The zero-order chi connectivity index (χ0) is 12.7. The first-order valence-corrected chi connectivity index (χ1v) is 5.31. The Morgan fingerprint density at radius 2 is 1.88 bits per heavy atom. The maximum atomic E-state index is 9.73. The van der Waals surface area contributed by atoms with E-state index in [1.54, 1.807) is 12.1 Å². The molecule has 0 bridgehead atoms. The van der Waals surface area contributed by atoms with Gasteiger partial charge in [-0.2, -0.15) is 0 Å². The quantitative estimate of drug-likeness (QED) is 0.580. The minimum Gasteiger partial charge on any atom is -0.502 e. The van der Waals surface area contributed by atoms with Crippen molar-refractivity contribution in [3.8, 4) is 29.6 Å². The lowest BCUT2D eigenvalue weighted by molar-refractivity contribution is 0.339. The number of benzene rings is 1. The van der Waals surface area contributed by atoms with Gasteiger partial charge >= 0.3 is 0 Å². The van der Waals surface area contributed by atoms with E-state index in [1.807, 2.05) is 0 Å². The molecule has 0 aromatic heterocycles. The fraction of sp³-hybridized carbons (Fsp3) is 0.385. The minimum absolute atomic E-state index is 0.0161. The van der Waals surface area contributed by atoms with Crippen LogP contribution in [-0.4, -0.2) is 25.9 Å². The van der Waals surface area contributed by atoms with Gasteiger partial charge in [-0.3, -0.25) is 0 Å². The molecule has 0 saturated heterocycles. The van der Waals surface area contributed by atoms with Gasteiger partial charge in [0, 0.05) is 19.5 Å². The Kier molecular flexibility index (Phi) is 5.18. The number of phenols is 1. The number of phenolic OH excluding ortho intramolecular Hbond substituents is 1. The van der Waals surface area contributed by atoms with Crippen LogP contribution < -0.4 is 14.8 Å². The van der Waals surface area contributed by atoms with Crippen LogP contribution in [0.3, 0.4) is 0 Å². The van der Waals surface area contributed by atoms with Gasteiger partial charge in [-0.15, -0.1) is 12.3 Å². The summed E-state index contributed by atoms with van der Waals surface area (Å²) in [4.78, 5) is 0. The molecule has 4 nitrogen and oxygen atoms in total. The van der Waals surface area contributed by atoms with E-state index in [1.165, 1.54) is 14.2 Å². The van der Waals surface area contributed by atoms with Gasteiger partial charge in [0.05, 0.1) is 14.2 Å². The normalized spacial score (nSPS) is 9.71. The Labute approximate surface area is 102 Å². The van der Waals surface area contributed by atoms with Crippen LogP contribution in [0.4, 0.5) is 0 Å². The highest BCUT2D eigenvalue weighted by molar-refractivity contribution is 5.52. The maximum absolute atomic E-state index is 9.73. The Hall–Kier alpha value is -1.86. The Morgan fingerprint density at radius 1 is 1.29 bits per heavy atom. The van der Waals surface area contributed by atoms with E-state index >= 15 is 0 Å². The van der Waals surface area contributed by atoms with E-state index in [4.69, 9.17) is 15.9 Å². The summed E-state index contributed by atoms with van der Waals surface area (Å²) in [5, 5.41) is 12.9. The van der Waals surface area contributed by atoms with Crippen molar-refractivity contribution in [3.05, 3.63) is 17.7 Å². The molecule has 0 amide bonds. The maximum Gasteiger partial charge on any atom is 0.200 e. The molecule has 1 aromatic rings.